The van der Waals surface area contributed by atoms with Crippen LogP contribution in [0.4, 0.5) is 17.1 Å². The Labute approximate surface area is 137 Å². The van der Waals surface area contributed by atoms with Crippen molar-refractivity contribution in [2.24, 2.45) is 0 Å². The smallest absolute Gasteiger partial charge is 0.294 e. The number of hydrogen-bond donors (Lipinski definition) is 2. The number of aromatic hydroxyl groups is 2. The van der Waals surface area contributed by atoms with Crippen molar-refractivity contribution in [2.45, 2.75) is 0 Å². The lowest BCUT2D eigenvalue weighted by molar-refractivity contribution is -0.403. The zero-order valence-electron chi connectivity index (χ0n) is 12.0. The first kappa shape index (κ1) is 17.3. The van der Waals surface area contributed by atoms with Crippen molar-refractivity contribution >= 4 is 22.8 Å². The molecule has 0 heterocycles. The molecule has 0 aliphatic carbocycles. The fourth-order valence-electron chi connectivity index (χ4n) is 2.07. The lowest BCUT2D eigenvalue weighted by atomic mass is 9.98. The number of carbonyl (C=O) groups excluding carboxylic acids is 1. The summed E-state index contributed by atoms with van der Waals surface area (Å²) in [6.45, 7) is 0. The van der Waals surface area contributed by atoms with Crippen molar-refractivity contribution in [3.05, 3.63) is 71.8 Å². The van der Waals surface area contributed by atoms with Crippen LogP contribution in [0.5, 0.6) is 11.5 Å². The van der Waals surface area contributed by atoms with Gasteiger partial charge in [0.2, 0.25) is 5.78 Å². The van der Waals surface area contributed by atoms with Gasteiger partial charge in [-0.05, 0) is 12.1 Å². The molecule has 0 spiro atoms. The lowest BCUT2D eigenvalue weighted by Gasteiger charge is -2.06. The van der Waals surface area contributed by atoms with Crippen molar-refractivity contribution in [3.63, 3.8) is 0 Å². The minimum Gasteiger partial charge on any atom is -0.508 e. The van der Waals surface area contributed by atoms with Gasteiger partial charge >= 0.3 is 0 Å². The molecule has 2 rings (SSSR count). The maximum Gasteiger partial charge on any atom is 0.294 e. The average molecular weight is 349 g/mol. The quantitative estimate of drug-likeness (QED) is 0.462. The lowest BCUT2D eigenvalue weighted by Crippen LogP contribution is -2.10. The zero-order chi connectivity index (χ0) is 18.9. The summed E-state index contributed by atoms with van der Waals surface area (Å²) in [5, 5.41) is 52.0. The maximum atomic E-state index is 12.5. The van der Waals surface area contributed by atoms with E-state index in [1.54, 1.807) is 0 Å². The number of benzene rings is 2. The monoisotopic (exact) mass is 349 g/mol. The highest BCUT2D eigenvalue weighted by Gasteiger charge is 2.36. The van der Waals surface area contributed by atoms with Gasteiger partial charge in [-0.3, -0.25) is 35.1 Å². The maximum absolute atomic E-state index is 12.5. The third kappa shape index (κ3) is 3.17. The Kier molecular flexibility index (Phi) is 4.28. The number of nitrogens with zero attached hydrogens (tertiary/aromatic N) is 3. The Balaban J connectivity index is 2.82. The Morgan fingerprint density at radius 3 is 1.76 bits per heavy atom. The third-order valence-corrected chi connectivity index (χ3v) is 3.14. The normalized spacial score (nSPS) is 10.2. The van der Waals surface area contributed by atoms with Crippen molar-refractivity contribution in [2.75, 3.05) is 0 Å². The number of phenolic OH excluding ortho intramolecular Hbond substituents is 2. The molecule has 12 nitrogen and oxygen atoms in total. The van der Waals surface area contributed by atoms with Crippen LogP contribution in [0.25, 0.3) is 0 Å². The van der Waals surface area contributed by atoms with Gasteiger partial charge in [-0.15, -0.1) is 0 Å². The minimum atomic E-state index is -1.30. The van der Waals surface area contributed by atoms with Crippen LogP contribution < -0.4 is 0 Å². The van der Waals surface area contributed by atoms with E-state index in [2.05, 4.69) is 0 Å². The highest BCUT2D eigenvalue weighted by molar-refractivity contribution is 6.15. The van der Waals surface area contributed by atoms with Crippen LogP contribution in [0, 0.1) is 30.3 Å². The summed E-state index contributed by atoms with van der Waals surface area (Å²) in [5.41, 5.74) is -4.83. The largest absolute Gasteiger partial charge is 0.508 e. The Morgan fingerprint density at radius 1 is 0.840 bits per heavy atom. The molecule has 0 amide bonds. The van der Waals surface area contributed by atoms with Crippen LogP contribution in [0.2, 0.25) is 0 Å². The standard InChI is InChI=1S/C13H7N3O9/c17-7-1-2-8(11(18)5-7)13(19)12-9(15(22)23)3-6(14(20)21)4-10(12)16(24)25/h1-5,17-18H. The molecule has 0 bridgehead atoms. The first-order valence-electron chi connectivity index (χ1n) is 6.31. The molecule has 0 aliphatic heterocycles. The molecule has 2 N–H and O–H groups in total. The van der Waals surface area contributed by atoms with Gasteiger partial charge in [-0.2, -0.15) is 0 Å². The van der Waals surface area contributed by atoms with Gasteiger partial charge in [-0.25, -0.2) is 0 Å². The summed E-state index contributed by atoms with van der Waals surface area (Å²) in [4.78, 5) is 42.2. The number of non-ortho nitro benzene ring substituents is 1. The molecule has 0 saturated carbocycles. The Morgan fingerprint density at radius 2 is 1.36 bits per heavy atom. The SMILES string of the molecule is O=C(c1ccc(O)cc1O)c1c([N+](=O)[O-])cc([N+](=O)[O-])cc1[N+](=O)[O-]. The molecule has 0 unspecified atom stereocenters. The van der Waals surface area contributed by atoms with Gasteiger partial charge in [-0.1, -0.05) is 0 Å². The van der Waals surface area contributed by atoms with Crippen LogP contribution in [0.15, 0.2) is 30.3 Å². The number of phenols is 2. The van der Waals surface area contributed by atoms with E-state index >= 15 is 0 Å². The Bertz CT molecular complexity index is 903. The topological polar surface area (TPSA) is 187 Å². The van der Waals surface area contributed by atoms with E-state index in [0.717, 1.165) is 18.2 Å². The second-order valence-corrected chi connectivity index (χ2v) is 4.66. The van der Waals surface area contributed by atoms with E-state index in [0.29, 0.717) is 12.1 Å². The number of nitro benzene ring substituents is 3. The molecule has 0 aromatic heterocycles. The van der Waals surface area contributed by atoms with E-state index in [1.165, 1.54) is 0 Å². The number of nitro groups is 3. The number of carbonyl (C=O) groups is 1. The molecule has 0 fully saturated rings. The summed E-state index contributed by atoms with van der Waals surface area (Å²) in [6, 6.07) is 3.48. The molecule has 0 atom stereocenters. The summed E-state index contributed by atoms with van der Waals surface area (Å²) >= 11 is 0. The zero-order valence-corrected chi connectivity index (χ0v) is 12.0. The van der Waals surface area contributed by atoms with Crippen LogP contribution in [-0.2, 0) is 0 Å². The van der Waals surface area contributed by atoms with Crippen LogP contribution in [-0.4, -0.2) is 30.8 Å². The predicted molar refractivity (Wildman–Crippen MR) is 79.6 cm³/mol. The van der Waals surface area contributed by atoms with E-state index in [9.17, 15) is 45.4 Å². The molecule has 12 heteroatoms. The van der Waals surface area contributed by atoms with Crippen molar-refractivity contribution in [3.8, 4) is 11.5 Å². The highest BCUT2D eigenvalue weighted by atomic mass is 16.6. The van der Waals surface area contributed by atoms with Crippen LogP contribution in [0.1, 0.15) is 15.9 Å². The average Bonchev–Trinajstić information content (AvgIpc) is 2.52. The second-order valence-electron chi connectivity index (χ2n) is 4.66. The molecule has 0 aliphatic rings. The van der Waals surface area contributed by atoms with Crippen molar-refractivity contribution in [1.82, 2.24) is 0 Å². The van der Waals surface area contributed by atoms with E-state index < -0.39 is 60.2 Å². The van der Waals surface area contributed by atoms with Gasteiger partial charge < -0.3 is 10.2 Å². The van der Waals surface area contributed by atoms with Gasteiger partial charge in [0.25, 0.3) is 17.1 Å². The fourth-order valence-corrected chi connectivity index (χ4v) is 2.07. The first-order chi connectivity index (χ1) is 11.6. The van der Waals surface area contributed by atoms with E-state index in [4.69, 9.17) is 0 Å². The molecule has 0 saturated heterocycles. The molecular weight excluding hydrogens is 342 g/mol. The van der Waals surface area contributed by atoms with Crippen molar-refractivity contribution in [1.29, 1.82) is 0 Å². The van der Waals surface area contributed by atoms with Crippen molar-refractivity contribution < 1.29 is 29.8 Å². The molecule has 25 heavy (non-hydrogen) atoms. The van der Waals surface area contributed by atoms with Crippen LogP contribution >= 0.6 is 0 Å². The molecular formula is C13H7N3O9. The molecule has 2 aromatic rings. The molecule has 2 aromatic carbocycles. The van der Waals surface area contributed by atoms with Gasteiger partial charge in [0.1, 0.15) is 11.5 Å². The Hall–Kier alpha value is -4.09. The number of hydrogen-bond acceptors (Lipinski definition) is 9. The number of ketones is 1. The second kappa shape index (κ2) is 6.19. The van der Waals surface area contributed by atoms with Gasteiger partial charge in [0, 0.05) is 6.07 Å². The fraction of sp³-hybridized carbons (Fsp3) is 0. The summed E-state index contributed by atoms with van der Waals surface area (Å²) in [6.07, 6.45) is 0. The minimum absolute atomic E-state index is 0.414. The summed E-state index contributed by atoms with van der Waals surface area (Å²) in [5.74, 6) is -2.49. The van der Waals surface area contributed by atoms with Gasteiger partial charge in [0.15, 0.2) is 5.56 Å². The van der Waals surface area contributed by atoms with E-state index in [-0.39, 0.29) is 0 Å². The van der Waals surface area contributed by atoms with E-state index in [1.807, 2.05) is 0 Å². The summed E-state index contributed by atoms with van der Waals surface area (Å²) < 4.78 is 0. The summed E-state index contributed by atoms with van der Waals surface area (Å²) in [7, 11) is 0. The molecule has 128 valence electrons. The highest BCUT2D eigenvalue weighted by Crippen LogP contribution is 2.37. The number of rotatable bonds is 5. The molecule has 0 radical (unpaired) electrons. The van der Waals surface area contributed by atoms with Crippen LogP contribution in [0.3, 0.4) is 0 Å². The van der Waals surface area contributed by atoms with Gasteiger partial charge in [0.05, 0.1) is 32.5 Å². The third-order valence-electron chi connectivity index (χ3n) is 3.14. The predicted octanol–water partition coefficient (Wildman–Crippen LogP) is 2.05. The first-order valence-corrected chi connectivity index (χ1v) is 6.31.